The van der Waals surface area contributed by atoms with Gasteiger partial charge in [-0.3, -0.25) is 9.59 Å². The lowest BCUT2D eigenvalue weighted by Gasteiger charge is -2.30. The van der Waals surface area contributed by atoms with E-state index in [0.717, 1.165) is 0 Å². The number of ether oxygens (including phenoxy) is 4. The smallest absolute Gasteiger partial charge is 0.303 e. The third kappa shape index (κ3) is 9.83. The van der Waals surface area contributed by atoms with Crippen molar-refractivity contribution < 1.29 is 28.5 Å². The molecule has 0 aromatic heterocycles. The average Bonchev–Trinajstić information content (AvgIpc) is 2.53. The molecule has 0 fully saturated rings. The first-order valence-electron chi connectivity index (χ1n) is 7.65. The molecule has 0 aromatic carbocycles. The predicted octanol–water partition coefficient (Wildman–Crippen LogP) is 1.80. The Morgan fingerprint density at radius 2 is 1.71 bits per heavy atom. The Labute approximate surface area is 143 Å². The first-order valence-corrected chi connectivity index (χ1v) is 7.65. The Hall–Kier alpha value is -2.09. The Balaban J connectivity index is 5.03. The quantitative estimate of drug-likeness (QED) is 0.259. The van der Waals surface area contributed by atoms with E-state index in [-0.39, 0.29) is 6.61 Å². The summed E-state index contributed by atoms with van der Waals surface area (Å²) in [7, 11) is 2.86. The Bertz CT molecular complexity index is 484. The molecule has 0 aliphatic heterocycles. The van der Waals surface area contributed by atoms with Crippen molar-refractivity contribution in [2.75, 3.05) is 20.8 Å². The van der Waals surface area contributed by atoms with Crippen LogP contribution < -0.4 is 0 Å². The summed E-state index contributed by atoms with van der Waals surface area (Å²) in [6.07, 6.45) is 0.534. The number of hydrogen-bond donors (Lipinski definition) is 0. The van der Waals surface area contributed by atoms with Crippen LogP contribution in [-0.4, -0.2) is 45.2 Å². The van der Waals surface area contributed by atoms with Gasteiger partial charge in [0.2, 0.25) is 0 Å². The van der Waals surface area contributed by atoms with Crippen molar-refractivity contribution >= 4 is 11.9 Å². The van der Waals surface area contributed by atoms with Crippen LogP contribution in [-0.2, 0) is 28.5 Å². The van der Waals surface area contributed by atoms with E-state index in [9.17, 15) is 9.59 Å². The fourth-order valence-corrected chi connectivity index (χ4v) is 1.97. The van der Waals surface area contributed by atoms with Crippen molar-refractivity contribution in [3.05, 3.63) is 0 Å². The van der Waals surface area contributed by atoms with Crippen LogP contribution in [0.25, 0.3) is 0 Å². The average molecular weight is 339 g/mol. The fraction of sp³-hybridized carbons (Fsp3) is 0.706. The van der Waals surface area contributed by atoms with Gasteiger partial charge in [0, 0.05) is 53.2 Å². The van der Waals surface area contributed by atoms with Gasteiger partial charge in [-0.05, 0) is 6.42 Å². The van der Waals surface area contributed by atoms with Crippen molar-refractivity contribution in [1.82, 2.24) is 0 Å². The Kier molecular flexibility index (Phi) is 12.2. The zero-order valence-corrected chi connectivity index (χ0v) is 14.7. The minimum atomic E-state index is -0.796. The number of nitriles is 1. The van der Waals surface area contributed by atoms with Crippen LogP contribution in [0.5, 0.6) is 0 Å². The van der Waals surface area contributed by atoms with Crippen LogP contribution in [0.4, 0.5) is 0 Å². The minimum absolute atomic E-state index is 0.0311. The standard InChI is InChI=1S/C17H25NO6/c1-13(19)23-12-15(10-8-6-5-7-9-11-18)16(24-14(2)20)17(21-3)22-4/h15-17H,5,7,9-10,12H2,1-4H3. The number of carbonyl (C=O) groups is 2. The zero-order valence-electron chi connectivity index (χ0n) is 14.7. The molecule has 0 spiro atoms. The Morgan fingerprint density at radius 3 is 2.21 bits per heavy atom. The first-order chi connectivity index (χ1) is 11.5. The number of esters is 2. The SMILES string of the molecule is COC(OC)C(OC(C)=O)C(CC#CCCCC#N)COC(C)=O. The van der Waals surface area contributed by atoms with Gasteiger partial charge in [-0.2, -0.15) is 5.26 Å². The van der Waals surface area contributed by atoms with E-state index in [1.807, 2.05) is 0 Å². The van der Waals surface area contributed by atoms with Crippen LogP contribution in [0, 0.1) is 29.1 Å². The highest BCUT2D eigenvalue weighted by Gasteiger charge is 2.33. The minimum Gasteiger partial charge on any atom is -0.465 e. The van der Waals surface area contributed by atoms with E-state index in [1.54, 1.807) is 0 Å². The van der Waals surface area contributed by atoms with E-state index in [2.05, 4.69) is 17.9 Å². The van der Waals surface area contributed by atoms with Gasteiger partial charge >= 0.3 is 11.9 Å². The summed E-state index contributed by atoms with van der Waals surface area (Å²) in [5.74, 6) is 4.61. The van der Waals surface area contributed by atoms with Gasteiger partial charge in [0.05, 0.1) is 12.7 Å². The number of rotatable bonds is 10. The van der Waals surface area contributed by atoms with Crippen molar-refractivity contribution in [1.29, 1.82) is 5.26 Å². The number of unbranched alkanes of at least 4 members (excludes halogenated alkanes) is 2. The van der Waals surface area contributed by atoms with Gasteiger partial charge in [-0.1, -0.05) is 0 Å². The maximum absolute atomic E-state index is 11.4. The van der Waals surface area contributed by atoms with Gasteiger partial charge in [0.1, 0.15) is 0 Å². The largest absolute Gasteiger partial charge is 0.465 e. The van der Waals surface area contributed by atoms with Crippen molar-refractivity contribution in [3.8, 4) is 17.9 Å². The molecular weight excluding hydrogens is 314 g/mol. The van der Waals surface area contributed by atoms with E-state index < -0.39 is 30.3 Å². The first kappa shape index (κ1) is 21.9. The molecule has 0 saturated heterocycles. The highest BCUT2D eigenvalue weighted by atomic mass is 16.7. The molecule has 0 radical (unpaired) electrons. The molecule has 0 rings (SSSR count). The second-order valence-corrected chi connectivity index (χ2v) is 5.05. The van der Waals surface area contributed by atoms with Crippen LogP contribution in [0.2, 0.25) is 0 Å². The molecule has 134 valence electrons. The van der Waals surface area contributed by atoms with E-state index in [4.69, 9.17) is 24.2 Å². The summed E-state index contributed by atoms with van der Waals surface area (Å²) in [5, 5.41) is 8.48. The molecular formula is C17H25NO6. The summed E-state index contributed by atoms with van der Waals surface area (Å²) < 4.78 is 20.7. The van der Waals surface area contributed by atoms with Crippen LogP contribution >= 0.6 is 0 Å². The molecule has 0 heterocycles. The lowest BCUT2D eigenvalue weighted by molar-refractivity contribution is -0.204. The van der Waals surface area contributed by atoms with Crippen LogP contribution in [0.15, 0.2) is 0 Å². The van der Waals surface area contributed by atoms with Gasteiger partial charge in [0.25, 0.3) is 0 Å². The van der Waals surface area contributed by atoms with Gasteiger partial charge in [-0.25, -0.2) is 0 Å². The van der Waals surface area contributed by atoms with E-state index in [0.29, 0.717) is 25.7 Å². The molecule has 0 N–H and O–H groups in total. The van der Waals surface area contributed by atoms with Gasteiger partial charge in [-0.15, -0.1) is 11.8 Å². The molecule has 0 bridgehead atoms. The lowest BCUT2D eigenvalue weighted by atomic mass is 9.98. The van der Waals surface area contributed by atoms with Crippen molar-refractivity contribution in [2.45, 2.75) is 51.9 Å². The lowest BCUT2D eigenvalue weighted by Crippen LogP contribution is -2.41. The summed E-state index contributed by atoms with van der Waals surface area (Å²) in [5.41, 5.74) is 0. The maximum atomic E-state index is 11.4. The topological polar surface area (TPSA) is 94.9 Å². The van der Waals surface area contributed by atoms with Gasteiger partial charge in [0.15, 0.2) is 12.4 Å². The fourth-order valence-electron chi connectivity index (χ4n) is 1.97. The number of nitrogens with zero attached hydrogens (tertiary/aromatic N) is 1. The second-order valence-electron chi connectivity index (χ2n) is 5.05. The van der Waals surface area contributed by atoms with E-state index >= 15 is 0 Å². The third-order valence-electron chi connectivity index (χ3n) is 3.08. The molecule has 0 aliphatic carbocycles. The number of methoxy groups -OCH3 is 2. The summed E-state index contributed by atoms with van der Waals surface area (Å²) in [6, 6.07) is 2.05. The molecule has 0 amide bonds. The molecule has 0 saturated carbocycles. The van der Waals surface area contributed by atoms with Crippen LogP contribution in [0.3, 0.4) is 0 Å². The van der Waals surface area contributed by atoms with E-state index in [1.165, 1.54) is 28.1 Å². The predicted molar refractivity (Wildman–Crippen MR) is 85.3 cm³/mol. The molecule has 0 aromatic rings. The van der Waals surface area contributed by atoms with Crippen molar-refractivity contribution in [3.63, 3.8) is 0 Å². The normalized spacial score (nSPS) is 12.5. The molecule has 0 aliphatic rings. The Morgan fingerprint density at radius 1 is 1.04 bits per heavy atom. The number of hydrogen-bond acceptors (Lipinski definition) is 7. The maximum Gasteiger partial charge on any atom is 0.303 e. The zero-order chi connectivity index (χ0) is 18.4. The number of carbonyl (C=O) groups excluding carboxylic acids is 2. The highest BCUT2D eigenvalue weighted by molar-refractivity contribution is 5.66. The van der Waals surface area contributed by atoms with Crippen molar-refractivity contribution in [2.24, 2.45) is 5.92 Å². The van der Waals surface area contributed by atoms with Gasteiger partial charge < -0.3 is 18.9 Å². The summed E-state index contributed by atoms with van der Waals surface area (Å²) in [4.78, 5) is 22.5. The summed E-state index contributed by atoms with van der Waals surface area (Å²) in [6.45, 7) is 2.62. The monoisotopic (exact) mass is 339 g/mol. The molecule has 7 heteroatoms. The molecule has 24 heavy (non-hydrogen) atoms. The molecule has 7 nitrogen and oxygen atoms in total. The highest BCUT2D eigenvalue weighted by Crippen LogP contribution is 2.20. The molecule has 2 unspecified atom stereocenters. The second kappa shape index (κ2) is 13.4. The summed E-state index contributed by atoms with van der Waals surface area (Å²) >= 11 is 0. The molecule has 2 atom stereocenters. The third-order valence-corrected chi connectivity index (χ3v) is 3.08. The van der Waals surface area contributed by atoms with Crippen LogP contribution in [0.1, 0.15) is 39.5 Å².